The summed E-state index contributed by atoms with van der Waals surface area (Å²) < 4.78 is 2.68. The van der Waals surface area contributed by atoms with Crippen LogP contribution in [0.5, 0.6) is 0 Å². The van der Waals surface area contributed by atoms with Gasteiger partial charge in [-0.15, -0.1) is 0 Å². The topological polar surface area (TPSA) is 91.8 Å². The number of carbonyl (C=O) groups excluding carboxylic acids is 2. The van der Waals surface area contributed by atoms with Gasteiger partial charge in [0.1, 0.15) is 5.69 Å². The van der Waals surface area contributed by atoms with Crippen molar-refractivity contribution in [1.82, 2.24) is 25.4 Å². The van der Waals surface area contributed by atoms with E-state index in [4.69, 9.17) is 0 Å². The molecule has 1 aromatic carbocycles. The van der Waals surface area contributed by atoms with E-state index in [0.29, 0.717) is 11.3 Å². The maximum atomic E-state index is 12.1. The predicted octanol–water partition coefficient (Wildman–Crippen LogP) is 2.76. The van der Waals surface area contributed by atoms with Crippen LogP contribution in [0.15, 0.2) is 58.6 Å². The van der Waals surface area contributed by atoms with Crippen LogP contribution in [0.25, 0.3) is 5.69 Å². The highest BCUT2D eigenvalue weighted by molar-refractivity contribution is 9.10. The quantitative estimate of drug-likeness (QED) is 0.447. The van der Waals surface area contributed by atoms with Gasteiger partial charge in [0.15, 0.2) is 5.16 Å². The maximum absolute atomic E-state index is 12.1. The second-order valence-electron chi connectivity index (χ2n) is 4.97. The summed E-state index contributed by atoms with van der Waals surface area (Å²) in [4.78, 5) is 31.0. The number of thioether (sulfide) groups is 1. The third kappa shape index (κ3) is 3.94. The van der Waals surface area contributed by atoms with Crippen molar-refractivity contribution in [2.24, 2.45) is 0 Å². The number of imidazole rings is 1. The Balaban J connectivity index is 1.64. The summed E-state index contributed by atoms with van der Waals surface area (Å²) in [7, 11) is 0. The number of H-pyrrole nitrogens is 1. The third-order valence-corrected chi connectivity index (χ3v) is 4.50. The Hall–Kier alpha value is -2.52. The Morgan fingerprint density at radius 1 is 1.20 bits per heavy atom. The number of benzene rings is 1. The summed E-state index contributed by atoms with van der Waals surface area (Å²) in [6, 6.07) is 8.63. The zero-order valence-corrected chi connectivity index (χ0v) is 15.5. The van der Waals surface area contributed by atoms with E-state index in [0.717, 1.165) is 15.3 Å². The van der Waals surface area contributed by atoms with E-state index in [1.165, 1.54) is 11.8 Å². The third-order valence-electron chi connectivity index (χ3n) is 3.38. The van der Waals surface area contributed by atoms with E-state index in [1.54, 1.807) is 30.6 Å². The molecule has 25 heavy (non-hydrogen) atoms. The van der Waals surface area contributed by atoms with Crippen molar-refractivity contribution in [1.29, 1.82) is 0 Å². The summed E-state index contributed by atoms with van der Waals surface area (Å²) in [5, 5.41) is 0.863. The van der Waals surface area contributed by atoms with Crippen LogP contribution in [0.2, 0.25) is 0 Å². The standard InChI is InChI=1S/C16H14BrN5O2S/c1-25-16-18-6-7-22(16)12-4-2-10(3-5-12)14(23)20-21-15(24)13-8-11(17)9-19-13/h2-9,19H,1H3,(H,20,23)(H,21,24). The monoisotopic (exact) mass is 419 g/mol. The Bertz CT molecular complexity index is 903. The second-order valence-corrected chi connectivity index (χ2v) is 6.66. The molecule has 3 N–H and O–H groups in total. The van der Waals surface area contributed by atoms with Gasteiger partial charge in [0.2, 0.25) is 0 Å². The van der Waals surface area contributed by atoms with Crippen molar-refractivity contribution >= 4 is 39.5 Å². The van der Waals surface area contributed by atoms with Gasteiger partial charge in [0.25, 0.3) is 11.8 Å². The zero-order valence-electron chi connectivity index (χ0n) is 13.1. The number of rotatable bonds is 4. The zero-order chi connectivity index (χ0) is 17.8. The number of aromatic nitrogens is 3. The number of nitrogens with zero attached hydrogens (tertiary/aromatic N) is 2. The van der Waals surface area contributed by atoms with Gasteiger partial charge in [0, 0.05) is 34.3 Å². The molecule has 0 radical (unpaired) electrons. The van der Waals surface area contributed by atoms with Crippen molar-refractivity contribution in [3.8, 4) is 5.69 Å². The van der Waals surface area contributed by atoms with Crippen molar-refractivity contribution in [2.75, 3.05) is 6.26 Å². The molecule has 0 aliphatic carbocycles. The molecular formula is C16H14BrN5O2S. The highest BCUT2D eigenvalue weighted by Gasteiger charge is 2.11. The molecule has 9 heteroatoms. The van der Waals surface area contributed by atoms with E-state index in [1.807, 2.05) is 29.2 Å². The number of amides is 2. The minimum absolute atomic E-state index is 0.340. The summed E-state index contributed by atoms with van der Waals surface area (Å²) >= 11 is 4.78. The molecule has 0 saturated carbocycles. The first-order valence-electron chi connectivity index (χ1n) is 7.21. The molecule has 0 fully saturated rings. The van der Waals surface area contributed by atoms with Gasteiger partial charge in [-0.1, -0.05) is 11.8 Å². The molecule has 3 rings (SSSR count). The molecule has 0 aliphatic rings. The van der Waals surface area contributed by atoms with E-state index < -0.39 is 11.8 Å². The number of nitrogens with one attached hydrogen (secondary N) is 3. The molecule has 7 nitrogen and oxygen atoms in total. The number of halogens is 1. The van der Waals surface area contributed by atoms with E-state index >= 15 is 0 Å². The van der Waals surface area contributed by atoms with Crippen molar-refractivity contribution < 1.29 is 9.59 Å². The number of hydrogen-bond donors (Lipinski definition) is 3. The van der Waals surface area contributed by atoms with Gasteiger partial charge in [-0.05, 0) is 52.5 Å². The Morgan fingerprint density at radius 2 is 1.92 bits per heavy atom. The van der Waals surface area contributed by atoms with Crippen molar-refractivity contribution in [3.05, 3.63) is 64.7 Å². The van der Waals surface area contributed by atoms with Crippen molar-refractivity contribution in [2.45, 2.75) is 5.16 Å². The van der Waals surface area contributed by atoms with Crippen LogP contribution in [0.4, 0.5) is 0 Å². The summed E-state index contributed by atoms with van der Waals surface area (Å²) in [5.74, 6) is -0.833. The van der Waals surface area contributed by atoms with Crippen LogP contribution >= 0.6 is 27.7 Å². The molecule has 2 amide bonds. The highest BCUT2D eigenvalue weighted by atomic mass is 79.9. The molecule has 0 bridgehead atoms. The largest absolute Gasteiger partial charge is 0.356 e. The first-order chi connectivity index (χ1) is 12.1. The van der Waals surface area contributed by atoms with Gasteiger partial charge in [-0.25, -0.2) is 4.98 Å². The Kier molecular flexibility index (Phi) is 5.25. The Morgan fingerprint density at radius 3 is 2.56 bits per heavy atom. The number of aromatic amines is 1. The molecule has 0 saturated heterocycles. The van der Waals surface area contributed by atoms with Crippen LogP contribution in [-0.2, 0) is 0 Å². The van der Waals surface area contributed by atoms with E-state index in [9.17, 15) is 9.59 Å². The number of hydrazine groups is 1. The van der Waals surface area contributed by atoms with Gasteiger partial charge in [0.05, 0.1) is 0 Å². The normalized spacial score (nSPS) is 10.5. The molecule has 128 valence electrons. The smallest absolute Gasteiger partial charge is 0.286 e. The molecule has 2 heterocycles. The summed E-state index contributed by atoms with van der Waals surface area (Å²) in [6.07, 6.45) is 7.16. The maximum Gasteiger partial charge on any atom is 0.286 e. The van der Waals surface area contributed by atoms with Crippen LogP contribution in [0, 0.1) is 0 Å². The fourth-order valence-corrected chi connectivity index (χ4v) is 3.04. The minimum atomic E-state index is -0.432. The van der Waals surface area contributed by atoms with Crippen LogP contribution in [0.3, 0.4) is 0 Å². The molecule has 2 aromatic heterocycles. The SMILES string of the molecule is CSc1nccn1-c1ccc(C(=O)NNC(=O)c2cc(Br)c[nH]2)cc1. The van der Waals surface area contributed by atoms with Gasteiger partial charge in [-0.3, -0.25) is 25.0 Å². The second kappa shape index (κ2) is 7.58. The Labute approximate surface area is 156 Å². The molecule has 0 unspecified atom stereocenters. The van der Waals surface area contributed by atoms with Crippen LogP contribution in [-0.4, -0.2) is 32.6 Å². The van der Waals surface area contributed by atoms with Gasteiger partial charge >= 0.3 is 0 Å². The fourth-order valence-electron chi connectivity index (χ4n) is 2.16. The van der Waals surface area contributed by atoms with Gasteiger partial charge < -0.3 is 4.98 Å². The number of hydrogen-bond acceptors (Lipinski definition) is 4. The van der Waals surface area contributed by atoms with E-state index in [2.05, 4.69) is 36.7 Å². The van der Waals surface area contributed by atoms with Crippen LogP contribution in [0.1, 0.15) is 20.8 Å². The molecular weight excluding hydrogens is 406 g/mol. The summed E-state index contributed by atoms with van der Waals surface area (Å²) in [6.45, 7) is 0. The lowest BCUT2D eigenvalue weighted by Crippen LogP contribution is -2.41. The molecule has 3 aromatic rings. The van der Waals surface area contributed by atoms with E-state index in [-0.39, 0.29) is 0 Å². The van der Waals surface area contributed by atoms with Gasteiger partial charge in [-0.2, -0.15) is 0 Å². The molecule has 0 aliphatic heterocycles. The lowest BCUT2D eigenvalue weighted by atomic mass is 10.2. The van der Waals surface area contributed by atoms with Crippen LogP contribution < -0.4 is 10.9 Å². The number of carbonyl (C=O) groups is 2. The predicted molar refractivity (Wildman–Crippen MR) is 98.8 cm³/mol. The fraction of sp³-hybridized carbons (Fsp3) is 0.0625. The van der Waals surface area contributed by atoms with Crippen molar-refractivity contribution in [3.63, 3.8) is 0 Å². The first-order valence-corrected chi connectivity index (χ1v) is 9.22. The lowest BCUT2D eigenvalue weighted by Gasteiger charge is -2.09. The first kappa shape index (κ1) is 17.3. The molecule has 0 atom stereocenters. The average Bonchev–Trinajstić information content (AvgIpc) is 3.28. The highest BCUT2D eigenvalue weighted by Crippen LogP contribution is 2.18. The lowest BCUT2D eigenvalue weighted by molar-refractivity contribution is 0.0844. The average molecular weight is 420 g/mol. The summed E-state index contributed by atoms with van der Waals surface area (Å²) in [5.41, 5.74) is 6.42. The minimum Gasteiger partial charge on any atom is -0.356 e. The molecule has 0 spiro atoms.